The molecule has 0 saturated carbocycles. The number of anilines is 2. The average Bonchev–Trinajstić information content (AvgIpc) is 3.10. The van der Waals surface area contributed by atoms with Crippen LogP contribution < -0.4 is 10.6 Å². The Balaban J connectivity index is 1.49. The molecule has 0 unspecified atom stereocenters. The van der Waals surface area contributed by atoms with Crippen molar-refractivity contribution in [2.24, 2.45) is 0 Å². The molecule has 1 heterocycles. The van der Waals surface area contributed by atoms with Crippen LogP contribution in [0.15, 0.2) is 46.8 Å². The number of aromatic nitrogens is 2. The first-order chi connectivity index (χ1) is 13.0. The molecule has 2 N–H and O–H groups in total. The van der Waals surface area contributed by atoms with Crippen LogP contribution in [0.2, 0.25) is 0 Å². The van der Waals surface area contributed by atoms with Crippen molar-refractivity contribution >= 4 is 39.8 Å². The number of carbonyl (C=O) groups excluding carboxylic acids is 1. The SMILES string of the molecule is Cc1cccc(C)c1Nc1nnc(SCC(=O)NCc2ccc(F)cc2)s1. The van der Waals surface area contributed by atoms with E-state index in [0.717, 1.165) is 26.7 Å². The number of carbonyl (C=O) groups is 1. The lowest BCUT2D eigenvalue weighted by Crippen LogP contribution is -2.24. The molecule has 0 fully saturated rings. The Bertz CT molecular complexity index is 907. The molecule has 0 aliphatic heterocycles. The molecule has 27 heavy (non-hydrogen) atoms. The van der Waals surface area contributed by atoms with Crippen molar-refractivity contribution in [3.63, 3.8) is 0 Å². The zero-order valence-corrected chi connectivity index (χ0v) is 16.6. The van der Waals surface area contributed by atoms with E-state index in [-0.39, 0.29) is 17.5 Å². The van der Waals surface area contributed by atoms with Crippen LogP contribution in [0.3, 0.4) is 0 Å². The van der Waals surface area contributed by atoms with Gasteiger partial charge in [-0.25, -0.2) is 4.39 Å². The highest BCUT2D eigenvalue weighted by Crippen LogP contribution is 2.30. The topological polar surface area (TPSA) is 66.9 Å². The summed E-state index contributed by atoms with van der Waals surface area (Å²) in [5.41, 5.74) is 4.16. The van der Waals surface area contributed by atoms with Crippen LogP contribution >= 0.6 is 23.1 Å². The Morgan fingerprint density at radius 2 is 1.81 bits per heavy atom. The summed E-state index contributed by atoms with van der Waals surface area (Å²) in [4.78, 5) is 12.0. The fraction of sp³-hybridized carbons (Fsp3) is 0.211. The van der Waals surface area contributed by atoms with Gasteiger partial charge in [0.2, 0.25) is 11.0 Å². The van der Waals surface area contributed by atoms with Crippen LogP contribution in [0.5, 0.6) is 0 Å². The third kappa shape index (κ3) is 5.51. The molecule has 0 aliphatic rings. The standard InChI is InChI=1S/C19H19FN4OS2/c1-12-4-3-5-13(2)17(12)22-18-23-24-19(27-18)26-11-16(25)21-10-14-6-8-15(20)9-7-14/h3-9H,10-11H2,1-2H3,(H,21,25)(H,22,23). The maximum absolute atomic E-state index is 12.9. The number of hydrogen-bond donors (Lipinski definition) is 2. The summed E-state index contributed by atoms with van der Waals surface area (Å²) >= 11 is 2.75. The molecule has 0 spiro atoms. The maximum Gasteiger partial charge on any atom is 0.230 e. The van der Waals surface area contributed by atoms with Gasteiger partial charge in [-0.3, -0.25) is 4.79 Å². The van der Waals surface area contributed by atoms with Gasteiger partial charge in [0.05, 0.1) is 5.75 Å². The monoisotopic (exact) mass is 402 g/mol. The Labute approximate surface area is 165 Å². The number of aryl methyl sites for hydroxylation is 2. The molecule has 140 valence electrons. The number of amides is 1. The van der Waals surface area contributed by atoms with E-state index in [9.17, 15) is 9.18 Å². The maximum atomic E-state index is 12.9. The van der Waals surface area contributed by atoms with Gasteiger partial charge in [0.15, 0.2) is 4.34 Å². The van der Waals surface area contributed by atoms with E-state index in [1.54, 1.807) is 12.1 Å². The minimum Gasteiger partial charge on any atom is -0.351 e. The fourth-order valence-electron chi connectivity index (χ4n) is 2.42. The van der Waals surface area contributed by atoms with Gasteiger partial charge in [0, 0.05) is 12.2 Å². The number of rotatable bonds is 7. The minimum absolute atomic E-state index is 0.108. The van der Waals surface area contributed by atoms with Gasteiger partial charge in [-0.05, 0) is 42.7 Å². The predicted octanol–water partition coefficient (Wildman–Crippen LogP) is 4.45. The molecule has 5 nitrogen and oxygen atoms in total. The molecule has 0 radical (unpaired) electrons. The van der Waals surface area contributed by atoms with Gasteiger partial charge >= 0.3 is 0 Å². The van der Waals surface area contributed by atoms with E-state index in [1.165, 1.54) is 35.2 Å². The van der Waals surface area contributed by atoms with Gasteiger partial charge in [-0.2, -0.15) is 0 Å². The zero-order valence-electron chi connectivity index (χ0n) is 15.0. The second kappa shape index (κ2) is 8.96. The molecule has 8 heteroatoms. The highest BCUT2D eigenvalue weighted by Gasteiger charge is 2.10. The summed E-state index contributed by atoms with van der Waals surface area (Å²) in [6.07, 6.45) is 0. The highest BCUT2D eigenvalue weighted by atomic mass is 32.2. The summed E-state index contributed by atoms with van der Waals surface area (Å²) in [6, 6.07) is 12.2. The van der Waals surface area contributed by atoms with Crippen molar-refractivity contribution in [1.29, 1.82) is 0 Å². The highest BCUT2D eigenvalue weighted by molar-refractivity contribution is 8.01. The predicted molar refractivity (Wildman–Crippen MR) is 108 cm³/mol. The van der Waals surface area contributed by atoms with Crippen LogP contribution in [0.1, 0.15) is 16.7 Å². The molecule has 0 atom stereocenters. The average molecular weight is 403 g/mol. The number of halogens is 1. The molecular weight excluding hydrogens is 383 g/mol. The summed E-state index contributed by atoms with van der Waals surface area (Å²) in [5.74, 6) is -0.148. The second-order valence-corrected chi connectivity index (χ2v) is 8.16. The quantitative estimate of drug-likeness (QED) is 0.572. The van der Waals surface area contributed by atoms with Crippen molar-refractivity contribution in [3.05, 3.63) is 65.0 Å². The van der Waals surface area contributed by atoms with Crippen LogP contribution in [-0.4, -0.2) is 21.9 Å². The normalized spacial score (nSPS) is 10.6. The van der Waals surface area contributed by atoms with Gasteiger partial charge in [0.25, 0.3) is 0 Å². The largest absolute Gasteiger partial charge is 0.351 e. The van der Waals surface area contributed by atoms with Crippen LogP contribution in [0.25, 0.3) is 0 Å². The zero-order chi connectivity index (χ0) is 19.2. The van der Waals surface area contributed by atoms with Gasteiger partial charge in [0.1, 0.15) is 5.82 Å². The molecule has 0 bridgehead atoms. The Morgan fingerprint density at radius 1 is 1.11 bits per heavy atom. The Morgan fingerprint density at radius 3 is 2.52 bits per heavy atom. The Hall–Kier alpha value is -2.45. The molecule has 0 aliphatic carbocycles. The van der Waals surface area contributed by atoms with E-state index < -0.39 is 0 Å². The molecule has 1 aromatic heterocycles. The Kier molecular flexibility index (Phi) is 6.41. The number of thioether (sulfide) groups is 1. The van der Waals surface area contributed by atoms with Crippen molar-refractivity contribution in [2.75, 3.05) is 11.1 Å². The van der Waals surface area contributed by atoms with Gasteiger partial charge in [-0.1, -0.05) is 53.4 Å². The third-order valence-electron chi connectivity index (χ3n) is 3.85. The second-order valence-electron chi connectivity index (χ2n) is 5.96. The summed E-state index contributed by atoms with van der Waals surface area (Å²) < 4.78 is 13.6. The van der Waals surface area contributed by atoms with Crippen molar-refractivity contribution < 1.29 is 9.18 Å². The van der Waals surface area contributed by atoms with Crippen molar-refractivity contribution in [2.45, 2.75) is 24.7 Å². The number of nitrogens with one attached hydrogen (secondary N) is 2. The van der Waals surface area contributed by atoms with Crippen LogP contribution in [0, 0.1) is 19.7 Å². The fourth-order valence-corrected chi connectivity index (χ4v) is 4.00. The van der Waals surface area contributed by atoms with E-state index >= 15 is 0 Å². The lowest BCUT2D eigenvalue weighted by Gasteiger charge is -2.09. The van der Waals surface area contributed by atoms with E-state index in [1.807, 2.05) is 32.0 Å². The van der Waals surface area contributed by atoms with Crippen molar-refractivity contribution in [1.82, 2.24) is 15.5 Å². The van der Waals surface area contributed by atoms with Crippen molar-refractivity contribution in [3.8, 4) is 0 Å². The van der Waals surface area contributed by atoms with Crippen LogP contribution in [0.4, 0.5) is 15.2 Å². The van der Waals surface area contributed by atoms with E-state index in [2.05, 4.69) is 20.8 Å². The first-order valence-corrected chi connectivity index (χ1v) is 10.1. The summed E-state index contributed by atoms with van der Waals surface area (Å²) in [6.45, 7) is 4.45. The number of hydrogen-bond acceptors (Lipinski definition) is 6. The molecule has 0 saturated heterocycles. The lowest BCUT2D eigenvalue weighted by atomic mass is 10.1. The first kappa shape index (κ1) is 19.3. The third-order valence-corrected chi connectivity index (χ3v) is 5.82. The smallest absolute Gasteiger partial charge is 0.230 e. The van der Waals surface area contributed by atoms with Gasteiger partial charge in [-0.15, -0.1) is 10.2 Å². The lowest BCUT2D eigenvalue weighted by molar-refractivity contribution is -0.118. The summed E-state index contributed by atoms with van der Waals surface area (Å²) in [7, 11) is 0. The molecule has 1 amide bonds. The van der Waals surface area contributed by atoms with Crippen LogP contribution in [-0.2, 0) is 11.3 Å². The molecule has 3 aromatic rings. The first-order valence-electron chi connectivity index (χ1n) is 8.32. The van der Waals surface area contributed by atoms with Gasteiger partial charge < -0.3 is 10.6 Å². The van der Waals surface area contributed by atoms with E-state index in [0.29, 0.717) is 11.7 Å². The molecule has 2 aromatic carbocycles. The number of nitrogens with zero attached hydrogens (tertiary/aromatic N) is 2. The molecular formula is C19H19FN4OS2. The number of para-hydroxylation sites is 1. The van der Waals surface area contributed by atoms with E-state index in [4.69, 9.17) is 0 Å². The number of benzene rings is 2. The minimum atomic E-state index is -0.290. The summed E-state index contributed by atoms with van der Waals surface area (Å²) in [5, 5.41) is 15.1. The molecule has 3 rings (SSSR count).